The summed E-state index contributed by atoms with van der Waals surface area (Å²) < 4.78 is 31.8. The summed E-state index contributed by atoms with van der Waals surface area (Å²) in [5.41, 5.74) is 0.0337. The zero-order chi connectivity index (χ0) is 19.2. The molecule has 8 nitrogen and oxygen atoms in total. The van der Waals surface area contributed by atoms with Crippen molar-refractivity contribution in [3.63, 3.8) is 0 Å². The highest BCUT2D eigenvalue weighted by molar-refractivity contribution is 7.89. The van der Waals surface area contributed by atoms with Crippen LogP contribution in [0.2, 0.25) is 0 Å². The monoisotopic (exact) mass is 384 g/mol. The molecule has 1 heterocycles. The summed E-state index contributed by atoms with van der Waals surface area (Å²) >= 11 is 0. The van der Waals surface area contributed by atoms with Gasteiger partial charge in [-0.15, -0.1) is 0 Å². The van der Waals surface area contributed by atoms with Crippen molar-refractivity contribution in [2.24, 2.45) is 0 Å². The van der Waals surface area contributed by atoms with Crippen molar-refractivity contribution in [2.75, 3.05) is 39.4 Å². The second kappa shape index (κ2) is 9.11. The third-order valence-electron chi connectivity index (χ3n) is 4.21. The van der Waals surface area contributed by atoms with E-state index in [1.165, 1.54) is 28.6 Å². The fourth-order valence-electron chi connectivity index (χ4n) is 2.72. The lowest BCUT2D eigenvalue weighted by Gasteiger charge is -2.34. The normalized spacial score (nSPS) is 15.8. The summed E-state index contributed by atoms with van der Waals surface area (Å²) in [5.74, 6) is -1.10. The minimum Gasteiger partial charge on any atom is -0.478 e. The fraction of sp³-hybridized carbons (Fsp3) is 0.529. The number of carboxylic acid groups (broad SMARTS) is 1. The van der Waals surface area contributed by atoms with Crippen LogP contribution in [-0.2, 0) is 19.6 Å². The van der Waals surface area contributed by atoms with Crippen molar-refractivity contribution in [1.29, 1.82) is 0 Å². The van der Waals surface area contributed by atoms with Crippen LogP contribution < -0.4 is 0 Å². The molecule has 144 valence electrons. The number of ether oxygens (including phenoxy) is 1. The molecule has 1 aliphatic heterocycles. The van der Waals surface area contributed by atoms with Gasteiger partial charge in [0.1, 0.15) is 0 Å². The summed E-state index contributed by atoms with van der Waals surface area (Å²) in [6, 6.07) is 5.13. The standard InChI is InChI=1S/C17H24N2O6S/c1-2-25-13-3-4-16(20)18-9-11-19(12-10-18)26(23,24)15-7-5-14(6-8-15)17(21)22/h5-8H,2-4,9-13H2,1H3,(H,21,22). The first-order valence-corrected chi connectivity index (χ1v) is 9.99. The van der Waals surface area contributed by atoms with Crippen LogP contribution in [0.25, 0.3) is 0 Å². The van der Waals surface area contributed by atoms with E-state index in [2.05, 4.69) is 0 Å². The Bertz CT molecular complexity index is 724. The molecule has 9 heteroatoms. The molecule has 2 rings (SSSR count). The number of carbonyl (C=O) groups excluding carboxylic acids is 1. The van der Waals surface area contributed by atoms with Gasteiger partial charge in [-0.1, -0.05) is 0 Å². The molecular formula is C17H24N2O6S. The number of nitrogens with zero attached hydrogens (tertiary/aromatic N) is 2. The van der Waals surface area contributed by atoms with E-state index in [0.29, 0.717) is 39.1 Å². The SMILES string of the molecule is CCOCCCC(=O)N1CCN(S(=O)(=O)c2ccc(C(=O)O)cc2)CC1. The first kappa shape index (κ1) is 20.3. The summed E-state index contributed by atoms with van der Waals surface area (Å²) in [6.45, 7) is 4.21. The van der Waals surface area contributed by atoms with Crippen molar-refractivity contribution in [1.82, 2.24) is 9.21 Å². The zero-order valence-corrected chi connectivity index (χ0v) is 15.6. The van der Waals surface area contributed by atoms with Crippen LogP contribution in [0, 0.1) is 0 Å². The molecule has 0 unspecified atom stereocenters. The maximum Gasteiger partial charge on any atom is 0.335 e. The molecule has 0 radical (unpaired) electrons. The second-order valence-electron chi connectivity index (χ2n) is 5.91. The van der Waals surface area contributed by atoms with Gasteiger partial charge in [-0.25, -0.2) is 13.2 Å². The summed E-state index contributed by atoms with van der Waals surface area (Å²) in [6.07, 6.45) is 1.05. The Morgan fingerprint density at radius 2 is 1.73 bits per heavy atom. The molecule has 1 N–H and O–H groups in total. The maximum atomic E-state index is 12.6. The number of benzene rings is 1. The molecule has 0 bridgehead atoms. The van der Waals surface area contributed by atoms with Crippen molar-refractivity contribution in [2.45, 2.75) is 24.7 Å². The molecule has 1 saturated heterocycles. The predicted octanol–water partition coefficient (Wildman–Crippen LogP) is 1.03. The molecule has 0 spiro atoms. The van der Waals surface area contributed by atoms with Crippen LogP contribution in [-0.4, -0.2) is 74.0 Å². The highest BCUT2D eigenvalue weighted by atomic mass is 32.2. The van der Waals surface area contributed by atoms with E-state index in [4.69, 9.17) is 9.84 Å². The molecule has 1 aliphatic rings. The molecule has 1 aromatic carbocycles. The van der Waals surface area contributed by atoms with Gasteiger partial charge >= 0.3 is 5.97 Å². The van der Waals surface area contributed by atoms with Crippen molar-refractivity contribution in [3.8, 4) is 0 Å². The average Bonchev–Trinajstić information content (AvgIpc) is 2.65. The highest BCUT2D eigenvalue weighted by Crippen LogP contribution is 2.18. The fourth-order valence-corrected chi connectivity index (χ4v) is 4.15. The third kappa shape index (κ3) is 5.03. The number of hydrogen-bond donors (Lipinski definition) is 1. The summed E-state index contributed by atoms with van der Waals surface area (Å²) in [5, 5.41) is 8.89. The largest absolute Gasteiger partial charge is 0.478 e. The van der Waals surface area contributed by atoms with Gasteiger partial charge in [-0.2, -0.15) is 4.31 Å². The molecular weight excluding hydrogens is 360 g/mol. The predicted molar refractivity (Wildman–Crippen MR) is 94.5 cm³/mol. The molecule has 1 fully saturated rings. The van der Waals surface area contributed by atoms with E-state index in [9.17, 15) is 18.0 Å². The van der Waals surface area contributed by atoms with Crippen molar-refractivity contribution in [3.05, 3.63) is 29.8 Å². The number of amides is 1. The molecule has 0 aliphatic carbocycles. The number of carboxylic acids is 1. The number of piperazine rings is 1. The Kier molecular flexibility index (Phi) is 7.13. The van der Waals surface area contributed by atoms with Crippen LogP contribution in [0.3, 0.4) is 0 Å². The maximum absolute atomic E-state index is 12.6. The Balaban J connectivity index is 1.91. The molecule has 26 heavy (non-hydrogen) atoms. The minimum absolute atomic E-state index is 0.00700. The Morgan fingerprint density at radius 1 is 1.12 bits per heavy atom. The Labute approximate surface area is 153 Å². The summed E-state index contributed by atoms with van der Waals surface area (Å²) in [7, 11) is -3.70. The lowest BCUT2D eigenvalue weighted by atomic mass is 10.2. The van der Waals surface area contributed by atoms with Gasteiger partial charge in [0.25, 0.3) is 0 Å². The summed E-state index contributed by atoms with van der Waals surface area (Å²) in [4.78, 5) is 24.7. The Morgan fingerprint density at radius 3 is 2.27 bits per heavy atom. The van der Waals surface area contributed by atoms with Crippen LogP contribution >= 0.6 is 0 Å². The van der Waals surface area contributed by atoms with Crippen LogP contribution in [0.15, 0.2) is 29.2 Å². The topological polar surface area (TPSA) is 104 Å². The smallest absolute Gasteiger partial charge is 0.335 e. The number of hydrogen-bond acceptors (Lipinski definition) is 5. The van der Waals surface area contributed by atoms with Gasteiger partial charge in [0.2, 0.25) is 15.9 Å². The van der Waals surface area contributed by atoms with Crippen LogP contribution in [0.4, 0.5) is 0 Å². The van der Waals surface area contributed by atoms with Gasteiger partial charge in [0.15, 0.2) is 0 Å². The first-order chi connectivity index (χ1) is 12.4. The van der Waals surface area contributed by atoms with Crippen LogP contribution in [0.5, 0.6) is 0 Å². The quantitative estimate of drug-likeness (QED) is 0.672. The first-order valence-electron chi connectivity index (χ1n) is 8.55. The van der Waals surface area contributed by atoms with Gasteiger partial charge in [0, 0.05) is 45.8 Å². The second-order valence-corrected chi connectivity index (χ2v) is 7.85. The van der Waals surface area contributed by atoms with Gasteiger partial charge in [-0.3, -0.25) is 4.79 Å². The zero-order valence-electron chi connectivity index (χ0n) is 14.8. The van der Waals surface area contributed by atoms with Crippen molar-refractivity contribution >= 4 is 21.9 Å². The van der Waals surface area contributed by atoms with Gasteiger partial charge in [-0.05, 0) is 37.6 Å². The van der Waals surface area contributed by atoms with E-state index in [1.54, 1.807) is 4.90 Å². The van der Waals surface area contributed by atoms with E-state index < -0.39 is 16.0 Å². The van der Waals surface area contributed by atoms with Gasteiger partial charge in [0.05, 0.1) is 10.5 Å². The van der Waals surface area contributed by atoms with E-state index in [0.717, 1.165) is 0 Å². The number of rotatable bonds is 8. The van der Waals surface area contributed by atoms with Crippen LogP contribution in [0.1, 0.15) is 30.1 Å². The third-order valence-corrected chi connectivity index (χ3v) is 6.13. The number of aromatic carboxylic acids is 1. The Hall–Kier alpha value is -1.97. The van der Waals surface area contributed by atoms with Gasteiger partial charge < -0.3 is 14.7 Å². The average molecular weight is 384 g/mol. The molecule has 0 saturated carbocycles. The van der Waals surface area contributed by atoms with E-state index in [-0.39, 0.29) is 29.5 Å². The molecule has 1 aromatic rings. The minimum atomic E-state index is -3.70. The lowest BCUT2D eigenvalue weighted by molar-refractivity contribution is -0.132. The molecule has 0 aromatic heterocycles. The number of sulfonamides is 1. The molecule has 0 atom stereocenters. The van der Waals surface area contributed by atoms with Crippen molar-refractivity contribution < 1.29 is 27.9 Å². The van der Waals surface area contributed by atoms with E-state index in [1.807, 2.05) is 6.92 Å². The van der Waals surface area contributed by atoms with E-state index >= 15 is 0 Å². The molecule has 1 amide bonds. The number of carbonyl (C=O) groups is 2. The highest BCUT2D eigenvalue weighted by Gasteiger charge is 2.30. The lowest BCUT2D eigenvalue weighted by Crippen LogP contribution is -2.50.